The Morgan fingerprint density at radius 3 is 2.50 bits per heavy atom. The van der Waals surface area contributed by atoms with Gasteiger partial charge in [-0.3, -0.25) is 9.36 Å². The van der Waals surface area contributed by atoms with Gasteiger partial charge in [0.2, 0.25) is 0 Å². The number of hydrazone groups is 1. The Labute approximate surface area is 264 Å². The first-order chi connectivity index (χ1) is 22.1. The molecule has 1 unspecified atom stereocenters. The first-order valence-corrected chi connectivity index (χ1v) is 14.4. The smallest absolute Gasteiger partial charge is 0.342 e. The van der Waals surface area contributed by atoms with Crippen molar-refractivity contribution >= 4 is 28.7 Å². The number of amides is 1. The van der Waals surface area contributed by atoms with E-state index in [1.165, 1.54) is 7.11 Å². The molecule has 3 aromatic carbocycles. The van der Waals surface area contributed by atoms with Gasteiger partial charge in [-0.1, -0.05) is 54.6 Å². The molecule has 0 aliphatic heterocycles. The Hall–Kier alpha value is -5.54. The molecule has 0 radical (unpaired) electrons. The van der Waals surface area contributed by atoms with Crippen molar-refractivity contribution in [2.45, 2.75) is 39.5 Å². The van der Waals surface area contributed by atoms with Crippen molar-refractivity contribution in [2.24, 2.45) is 16.7 Å². The second-order valence-electron chi connectivity index (χ2n) is 9.92. The van der Waals surface area contributed by atoms with E-state index in [-0.39, 0.29) is 25.3 Å². The van der Waals surface area contributed by atoms with Crippen molar-refractivity contribution in [1.29, 1.82) is 0 Å². The van der Waals surface area contributed by atoms with Crippen LogP contribution >= 0.6 is 0 Å². The molecule has 4 N–H and O–H groups in total. The van der Waals surface area contributed by atoms with Crippen molar-refractivity contribution in [1.82, 2.24) is 14.7 Å². The lowest BCUT2D eigenvalue weighted by atomic mass is 9.98. The predicted octanol–water partition coefficient (Wildman–Crippen LogP) is 3.61. The minimum atomic E-state index is -0.929. The van der Waals surface area contributed by atoms with Crippen LogP contribution in [0.1, 0.15) is 48.2 Å². The fraction of sp³-hybridized carbons (Fsp3) is 0.290. The molecule has 4 aromatic rings. The SMILES string of the molecule is CCOc1nc2cccc(C(=O)OC(C)OC)c2n1Cc1ccc(-c2ccccc2/C(N)=N/N(N)C(=O)CCCO[N+](=O)[O-])cc1. The highest BCUT2D eigenvalue weighted by Crippen LogP contribution is 2.29. The molecule has 15 nitrogen and oxygen atoms in total. The Kier molecular flexibility index (Phi) is 11.2. The van der Waals surface area contributed by atoms with E-state index in [2.05, 4.69) is 14.9 Å². The maximum atomic E-state index is 13.0. The normalized spacial score (nSPS) is 12.0. The van der Waals surface area contributed by atoms with Crippen LogP contribution in [-0.2, 0) is 25.7 Å². The highest BCUT2D eigenvalue weighted by Gasteiger charge is 2.22. The molecular weight excluding hydrogens is 598 g/mol. The van der Waals surface area contributed by atoms with Crippen molar-refractivity contribution in [3.05, 3.63) is 93.5 Å². The van der Waals surface area contributed by atoms with E-state index in [0.29, 0.717) is 46.4 Å². The zero-order chi connectivity index (χ0) is 33.2. The lowest BCUT2D eigenvalue weighted by Gasteiger charge is -2.15. The van der Waals surface area contributed by atoms with E-state index in [9.17, 15) is 19.7 Å². The number of nitrogens with zero attached hydrogens (tertiary/aromatic N) is 5. The topological polar surface area (TPSA) is 200 Å². The van der Waals surface area contributed by atoms with Crippen molar-refractivity contribution in [3.8, 4) is 17.1 Å². The fourth-order valence-corrected chi connectivity index (χ4v) is 4.61. The third-order valence-corrected chi connectivity index (χ3v) is 6.84. The van der Waals surface area contributed by atoms with Crippen LogP contribution in [0.15, 0.2) is 71.8 Å². The van der Waals surface area contributed by atoms with E-state index in [4.69, 9.17) is 25.8 Å². The number of carbonyl (C=O) groups is 2. The molecule has 1 amide bonds. The van der Waals surface area contributed by atoms with E-state index in [1.54, 1.807) is 37.3 Å². The number of para-hydroxylation sites is 1. The molecule has 1 heterocycles. The molecule has 15 heteroatoms. The Balaban J connectivity index is 1.58. The van der Waals surface area contributed by atoms with E-state index >= 15 is 0 Å². The molecule has 4 rings (SSSR count). The number of methoxy groups -OCH3 is 1. The Bertz CT molecular complexity index is 1720. The summed E-state index contributed by atoms with van der Waals surface area (Å²) in [7, 11) is 1.45. The Morgan fingerprint density at radius 1 is 1.09 bits per heavy atom. The van der Waals surface area contributed by atoms with Crippen LogP contribution in [0.4, 0.5) is 0 Å². The number of hydrazine groups is 1. The number of ether oxygens (including phenoxy) is 3. The molecule has 46 heavy (non-hydrogen) atoms. The third-order valence-electron chi connectivity index (χ3n) is 6.84. The third kappa shape index (κ3) is 8.13. The number of nitrogens with two attached hydrogens (primary N) is 2. The number of rotatable bonds is 15. The zero-order valence-corrected chi connectivity index (χ0v) is 25.6. The van der Waals surface area contributed by atoms with Crippen LogP contribution in [0.2, 0.25) is 0 Å². The average Bonchev–Trinajstić information content (AvgIpc) is 3.39. The van der Waals surface area contributed by atoms with Gasteiger partial charge in [0.1, 0.15) is 0 Å². The number of hydrogen-bond acceptors (Lipinski definition) is 11. The van der Waals surface area contributed by atoms with Gasteiger partial charge in [-0.05, 0) is 49.1 Å². The quantitative estimate of drug-likeness (QED) is 0.0223. The predicted molar refractivity (Wildman–Crippen MR) is 168 cm³/mol. The van der Waals surface area contributed by atoms with Gasteiger partial charge in [0.05, 0.1) is 36.4 Å². The van der Waals surface area contributed by atoms with Crippen LogP contribution in [0, 0.1) is 10.1 Å². The molecule has 0 bridgehead atoms. The van der Waals surface area contributed by atoms with Gasteiger partial charge < -0.3 is 24.8 Å². The number of esters is 1. The highest BCUT2D eigenvalue weighted by atomic mass is 16.9. The number of imidazole rings is 1. The van der Waals surface area contributed by atoms with E-state index in [0.717, 1.165) is 16.7 Å². The van der Waals surface area contributed by atoms with Crippen LogP contribution in [-0.4, -0.2) is 64.1 Å². The summed E-state index contributed by atoms with van der Waals surface area (Å²) in [6, 6.07) is 20.5. The zero-order valence-electron chi connectivity index (χ0n) is 25.6. The highest BCUT2D eigenvalue weighted by molar-refractivity contribution is 6.04. The van der Waals surface area contributed by atoms with Crippen LogP contribution in [0.5, 0.6) is 6.01 Å². The van der Waals surface area contributed by atoms with Gasteiger partial charge in [0, 0.05) is 19.1 Å². The molecule has 0 saturated heterocycles. The first kappa shape index (κ1) is 33.4. The summed E-state index contributed by atoms with van der Waals surface area (Å²) >= 11 is 0. The summed E-state index contributed by atoms with van der Waals surface area (Å²) < 4.78 is 18.2. The average molecular weight is 634 g/mol. The monoisotopic (exact) mass is 633 g/mol. The first-order valence-electron chi connectivity index (χ1n) is 14.4. The molecule has 242 valence electrons. The maximum absolute atomic E-state index is 13.0. The summed E-state index contributed by atoms with van der Waals surface area (Å²) in [5.41, 5.74) is 10.8. The minimum absolute atomic E-state index is 0.00511. The number of fused-ring (bicyclic) bond motifs is 1. The lowest BCUT2D eigenvalue weighted by molar-refractivity contribution is -0.757. The summed E-state index contributed by atoms with van der Waals surface area (Å²) in [5, 5.41) is 14.0. The standard InChI is InChI=1S/C31H35N7O8/c1-4-44-31-34-26-12-7-11-25(30(40)46-20(2)43-3)28(26)36(31)19-21-14-16-22(17-15-21)23-9-5-6-10-24(23)29(32)35-37(33)27(39)13-8-18-45-38(41)42/h5-7,9-12,14-17,20H,4,8,13,18-19,33H2,1-3H3,(H2,32,35). The van der Waals surface area contributed by atoms with E-state index in [1.807, 2.05) is 47.9 Å². The molecular formula is C31H35N7O8. The second kappa shape index (κ2) is 15.5. The summed E-state index contributed by atoms with van der Waals surface area (Å²) in [6.07, 6.45) is -0.752. The van der Waals surface area contributed by atoms with Crippen molar-refractivity contribution in [2.75, 3.05) is 20.3 Å². The number of aromatic nitrogens is 2. The lowest BCUT2D eigenvalue weighted by Crippen LogP contribution is -2.35. The van der Waals surface area contributed by atoms with Gasteiger partial charge in [-0.15, -0.1) is 15.2 Å². The van der Waals surface area contributed by atoms with Crippen LogP contribution in [0.3, 0.4) is 0 Å². The molecule has 0 aliphatic rings. The molecule has 0 saturated carbocycles. The van der Waals surface area contributed by atoms with Gasteiger partial charge in [-0.2, -0.15) is 10.1 Å². The fourth-order valence-electron chi connectivity index (χ4n) is 4.61. The van der Waals surface area contributed by atoms with Gasteiger partial charge >= 0.3 is 5.97 Å². The number of carbonyl (C=O) groups excluding carboxylic acids is 2. The summed E-state index contributed by atoms with van der Waals surface area (Å²) in [4.78, 5) is 44.4. The number of amidine groups is 1. The minimum Gasteiger partial charge on any atom is -0.465 e. The van der Waals surface area contributed by atoms with Gasteiger partial charge in [0.15, 0.2) is 12.1 Å². The second-order valence-corrected chi connectivity index (χ2v) is 9.92. The Morgan fingerprint density at radius 2 is 1.80 bits per heavy atom. The number of hydrogen-bond donors (Lipinski definition) is 2. The van der Waals surface area contributed by atoms with Crippen LogP contribution in [0.25, 0.3) is 22.2 Å². The van der Waals surface area contributed by atoms with Gasteiger partial charge in [-0.25, -0.2) is 10.6 Å². The molecule has 1 aromatic heterocycles. The molecule has 0 aliphatic carbocycles. The largest absolute Gasteiger partial charge is 0.465 e. The van der Waals surface area contributed by atoms with E-state index < -0.39 is 23.3 Å². The molecule has 1 atom stereocenters. The molecule has 0 fully saturated rings. The maximum Gasteiger partial charge on any atom is 0.342 e. The molecule has 0 spiro atoms. The number of benzene rings is 3. The van der Waals surface area contributed by atoms with Gasteiger partial charge in [0.25, 0.3) is 17.0 Å². The van der Waals surface area contributed by atoms with Crippen molar-refractivity contribution < 1.29 is 33.7 Å². The van der Waals surface area contributed by atoms with Crippen LogP contribution < -0.4 is 16.3 Å². The van der Waals surface area contributed by atoms with Crippen molar-refractivity contribution in [3.63, 3.8) is 0 Å². The summed E-state index contributed by atoms with van der Waals surface area (Å²) in [6.45, 7) is 3.97. The summed E-state index contributed by atoms with van der Waals surface area (Å²) in [5.74, 6) is 4.67.